The summed E-state index contributed by atoms with van der Waals surface area (Å²) in [7, 11) is 0. The summed E-state index contributed by atoms with van der Waals surface area (Å²) in [5.41, 5.74) is 0.0561. The van der Waals surface area contributed by atoms with Crippen molar-refractivity contribution in [3.8, 4) is 0 Å². The van der Waals surface area contributed by atoms with Gasteiger partial charge in [0.2, 0.25) is 12.2 Å². The first kappa shape index (κ1) is 17.7. The summed E-state index contributed by atoms with van der Waals surface area (Å²) in [6, 6.07) is 0.00750. The second-order valence-corrected chi connectivity index (χ2v) is 14.5. The summed E-state index contributed by atoms with van der Waals surface area (Å²) in [6.45, 7) is 6.86. The van der Waals surface area contributed by atoms with E-state index in [0.717, 1.165) is 19.3 Å². The van der Waals surface area contributed by atoms with Crippen LogP contribution in [-0.4, -0.2) is 26.0 Å². The monoisotopic (exact) mass is 509 g/mol. The number of carbonyl (C=O) groups excluding carboxylic acids is 2. The van der Waals surface area contributed by atoms with Crippen molar-refractivity contribution in [1.82, 2.24) is 0 Å². The van der Waals surface area contributed by atoms with Gasteiger partial charge >= 0.3 is 0 Å². The Morgan fingerprint density at radius 3 is 2.37 bits per heavy atom. The van der Waals surface area contributed by atoms with Crippen molar-refractivity contribution < 1.29 is 9.59 Å². The Bertz CT molecular complexity index is 408. The predicted octanol–water partition coefficient (Wildman–Crippen LogP) is 4.61. The molecule has 0 radical (unpaired) electrons. The van der Waals surface area contributed by atoms with Crippen LogP contribution in [0, 0.1) is 10.8 Å². The van der Waals surface area contributed by atoms with Gasteiger partial charge in [-0.05, 0) is 74.2 Å². The van der Waals surface area contributed by atoms with Crippen molar-refractivity contribution >= 4 is 60.1 Å². The van der Waals surface area contributed by atoms with Gasteiger partial charge in [-0.15, -0.1) is 0 Å². The van der Waals surface area contributed by atoms with E-state index in [4.69, 9.17) is 1.28 Å². The first-order valence-corrected chi connectivity index (χ1v) is 12.3. The maximum atomic E-state index is 10.3. The molecule has 1 aliphatic rings. The number of hydrogen-bond donors (Lipinski definition) is 0. The molecule has 0 aromatic carbocycles. The summed E-state index contributed by atoms with van der Waals surface area (Å²) in [5.74, 6) is 0. The Morgan fingerprint density at radius 2 is 1.89 bits per heavy atom. The highest BCUT2D eigenvalue weighted by Gasteiger charge is 2.41. The topological polar surface area (TPSA) is 58.9 Å². The molecule has 0 aliphatic heterocycles. The van der Waals surface area contributed by atoms with E-state index in [1.165, 1.54) is 0 Å². The van der Waals surface area contributed by atoms with E-state index in [9.17, 15) is 9.59 Å². The molecule has 108 valence electrons. The average molecular weight is 509 g/mol. The zero-order valence-corrected chi connectivity index (χ0v) is 16.5. The number of nitrogens with zero attached hydrogens (tertiary/aromatic N) is 2. The van der Waals surface area contributed by atoms with E-state index in [1.807, 2.05) is 0 Å². The minimum Gasteiger partial charge on any atom is -0.211 e. The SMILES string of the molecule is CC1(C)CC(N=C=O)CC(C)(CN=C=O)C1.[2H]P(I)I. The van der Waals surface area contributed by atoms with Crippen LogP contribution in [0.5, 0.6) is 0 Å². The molecular weight excluding hydrogens is 489 g/mol. The van der Waals surface area contributed by atoms with Crippen LogP contribution < -0.4 is 0 Å². The van der Waals surface area contributed by atoms with Gasteiger partial charge in [-0.25, -0.2) is 19.6 Å². The molecule has 0 heterocycles. The zero-order chi connectivity index (χ0) is 15.8. The number of aliphatic imine (C=N–C) groups is 2. The van der Waals surface area contributed by atoms with E-state index in [2.05, 4.69) is 74.8 Å². The van der Waals surface area contributed by atoms with Crippen molar-refractivity contribution in [2.45, 2.75) is 46.1 Å². The van der Waals surface area contributed by atoms with Gasteiger partial charge in [0.25, 0.3) is 0 Å². The first-order valence-electron chi connectivity index (χ1n) is 6.30. The average Bonchev–Trinajstić information content (AvgIpc) is 2.23. The van der Waals surface area contributed by atoms with Crippen molar-refractivity contribution in [1.29, 1.82) is 1.28 Å². The number of isocyanates is 2. The van der Waals surface area contributed by atoms with E-state index < -0.39 is 3.81 Å². The Morgan fingerprint density at radius 1 is 1.32 bits per heavy atom. The molecule has 7 heteroatoms. The van der Waals surface area contributed by atoms with Gasteiger partial charge in [0.15, 0.2) is 0 Å². The van der Waals surface area contributed by atoms with Crippen LogP contribution in [0.2, 0.25) is 0 Å². The smallest absolute Gasteiger partial charge is 0.211 e. The molecular formula is C12H19I2N2O2P. The summed E-state index contributed by atoms with van der Waals surface area (Å²) in [5, 5.41) is 0. The summed E-state index contributed by atoms with van der Waals surface area (Å²) >= 11 is 4.12. The molecule has 19 heavy (non-hydrogen) atoms. The molecule has 0 N–H and O–H groups in total. The van der Waals surface area contributed by atoms with E-state index >= 15 is 0 Å². The van der Waals surface area contributed by atoms with Crippen LogP contribution in [0.1, 0.15) is 40.0 Å². The predicted molar refractivity (Wildman–Crippen MR) is 97.0 cm³/mol. The molecule has 1 aliphatic carbocycles. The Labute approximate surface area is 143 Å². The summed E-state index contributed by atoms with van der Waals surface area (Å²) < 4.78 is 6.19. The highest BCUT2D eigenvalue weighted by atomic mass is 127. The molecule has 0 bridgehead atoms. The molecule has 1 rings (SSSR count). The zero-order valence-electron chi connectivity index (χ0n) is 12.3. The third kappa shape index (κ3) is 8.51. The van der Waals surface area contributed by atoms with Gasteiger partial charge in [-0.1, -0.05) is 20.8 Å². The highest BCUT2D eigenvalue weighted by Crippen LogP contribution is 2.47. The van der Waals surface area contributed by atoms with Gasteiger partial charge in [-0.3, -0.25) is 0 Å². The molecule has 0 aromatic heterocycles. The van der Waals surface area contributed by atoms with E-state index in [1.54, 1.807) is 12.2 Å². The largest absolute Gasteiger partial charge is 0.235 e. The van der Waals surface area contributed by atoms with Crippen molar-refractivity contribution in [3.63, 3.8) is 0 Å². The van der Waals surface area contributed by atoms with Gasteiger partial charge in [0.1, 0.15) is 0 Å². The fourth-order valence-corrected chi connectivity index (χ4v) is 3.09. The van der Waals surface area contributed by atoms with Gasteiger partial charge in [0, 0.05) is 3.81 Å². The van der Waals surface area contributed by atoms with Crippen molar-refractivity contribution in [2.24, 2.45) is 20.8 Å². The number of halogens is 2. The Balaban J connectivity index is 0.000000796. The molecule has 1 saturated carbocycles. The minimum absolute atomic E-state index is 0.00750. The lowest BCUT2D eigenvalue weighted by atomic mass is 9.63. The normalized spacial score (nSPS) is 29.2. The molecule has 0 spiro atoms. The van der Waals surface area contributed by atoms with Crippen molar-refractivity contribution in [3.05, 3.63) is 0 Å². The van der Waals surface area contributed by atoms with Crippen LogP contribution in [0.25, 0.3) is 0 Å². The molecule has 2 atom stereocenters. The quantitative estimate of drug-likeness (QED) is 0.242. The van der Waals surface area contributed by atoms with Crippen LogP contribution in [0.4, 0.5) is 0 Å². The maximum Gasteiger partial charge on any atom is 0.235 e. The minimum atomic E-state index is -0.430. The Hall–Kier alpha value is 0.650. The van der Waals surface area contributed by atoms with E-state index in [-0.39, 0.29) is 16.9 Å². The molecule has 4 nitrogen and oxygen atoms in total. The van der Waals surface area contributed by atoms with Gasteiger partial charge < -0.3 is 0 Å². The van der Waals surface area contributed by atoms with E-state index in [0.29, 0.717) is 6.54 Å². The van der Waals surface area contributed by atoms with Crippen LogP contribution in [0.3, 0.4) is 0 Å². The lowest BCUT2D eigenvalue weighted by Crippen LogP contribution is -2.39. The second-order valence-electron chi connectivity index (χ2n) is 5.91. The summed E-state index contributed by atoms with van der Waals surface area (Å²) in [6.07, 6.45) is 5.88. The molecule has 0 saturated heterocycles. The fraction of sp³-hybridized carbons (Fsp3) is 0.833. The first-order chi connectivity index (χ1) is 9.14. The summed E-state index contributed by atoms with van der Waals surface area (Å²) in [4.78, 5) is 28.0. The maximum absolute atomic E-state index is 10.3. The number of rotatable bonds is 3. The van der Waals surface area contributed by atoms with Crippen LogP contribution in [0.15, 0.2) is 9.98 Å². The fourth-order valence-electron chi connectivity index (χ4n) is 3.09. The van der Waals surface area contributed by atoms with Crippen LogP contribution >= 0.6 is 47.9 Å². The lowest BCUT2D eigenvalue weighted by molar-refractivity contribution is 0.0915. The van der Waals surface area contributed by atoms with Crippen LogP contribution in [-0.2, 0) is 9.59 Å². The van der Waals surface area contributed by atoms with Crippen molar-refractivity contribution in [2.75, 3.05) is 6.54 Å². The third-order valence-corrected chi connectivity index (χ3v) is 3.18. The second kappa shape index (κ2) is 9.56. The third-order valence-electron chi connectivity index (χ3n) is 3.18. The number of hydrogen-bond acceptors (Lipinski definition) is 4. The standard InChI is InChI=1S/C12H18N2O2.HI2P/c1-11(2)4-10(14-9-16)5-12(3,6-11)7-13-8-15;1-3-2/h10H,4-7H2,1-3H3;3H/i;3D. The molecule has 1 fully saturated rings. The highest BCUT2D eigenvalue weighted by molar-refractivity contribution is 14.3. The molecule has 0 amide bonds. The van der Waals surface area contributed by atoms with Gasteiger partial charge in [-0.2, -0.15) is 0 Å². The Kier molecular flexibility index (Phi) is 8.91. The lowest BCUT2D eigenvalue weighted by Gasteiger charge is -2.44. The molecule has 2 unspecified atom stereocenters. The molecule has 0 aromatic rings. The van der Waals surface area contributed by atoms with Gasteiger partial charge in [0.05, 0.1) is 13.9 Å².